The average Bonchev–Trinajstić information content (AvgIpc) is 3.24. The highest BCUT2D eigenvalue weighted by Crippen LogP contribution is 2.39. The van der Waals surface area contributed by atoms with Crippen molar-refractivity contribution in [3.8, 4) is 0 Å². The first kappa shape index (κ1) is 16.1. The average molecular weight is 392 g/mol. The summed E-state index contributed by atoms with van der Waals surface area (Å²) in [5, 5.41) is 0. The van der Waals surface area contributed by atoms with Crippen LogP contribution in [0.15, 0.2) is 28.7 Å². The number of fused-ring (bicyclic) bond motifs is 1. The van der Waals surface area contributed by atoms with E-state index >= 15 is 0 Å². The van der Waals surface area contributed by atoms with Gasteiger partial charge in [-0.2, -0.15) is 0 Å². The molecule has 5 nitrogen and oxygen atoms in total. The van der Waals surface area contributed by atoms with Crippen molar-refractivity contribution < 1.29 is 9.59 Å². The highest BCUT2D eigenvalue weighted by molar-refractivity contribution is 9.10. The molecule has 1 aromatic carbocycles. The van der Waals surface area contributed by atoms with E-state index in [4.69, 9.17) is 5.73 Å². The number of amides is 2. The second-order valence-corrected chi connectivity index (χ2v) is 8.05. The number of benzene rings is 1. The number of carbonyl (C=O) groups excluding carboxylic acids is 2. The summed E-state index contributed by atoms with van der Waals surface area (Å²) in [6, 6.07) is 7.87. The molecule has 2 amide bonds. The van der Waals surface area contributed by atoms with Crippen LogP contribution in [0.25, 0.3) is 0 Å². The number of carbonyl (C=O) groups is 2. The number of nitrogens with two attached hydrogens (primary N) is 1. The van der Waals surface area contributed by atoms with E-state index in [9.17, 15) is 9.59 Å². The number of halogens is 1. The number of anilines is 1. The van der Waals surface area contributed by atoms with Gasteiger partial charge in [-0.25, -0.2) is 0 Å². The normalized spacial score (nSPS) is 32.5. The van der Waals surface area contributed by atoms with Crippen LogP contribution in [-0.4, -0.2) is 42.4 Å². The molecule has 2 saturated heterocycles. The van der Waals surface area contributed by atoms with E-state index < -0.39 is 5.92 Å². The Morgan fingerprint density at radius 2 is 1.96 bits per heavy atom. The zero-order valence-electron chi connectivity index (χ0n) is 13.5. The van der Waals surface area contributed by atoms with Crippen molar-refractivity contribution in [1.82, 2.24) is 4.90 Å². The molecule has 3 aliphatic rings. The predicted molar refractivity (Wildman–Crippen MR) is 95.4 cm³/mol. The Hall–Kier alpha value is -1.40. The van der Waals surface area contributed by atoms with Gasteiger partial charge in [0.1, 0.15) is 5.92 Å². The fourth-order valence-electron chi connectivity index (χ4n) is 4.53. The van der Waals surface area contributed by atoms with Gasteiger partial charge in [0.2, 0.25) is 11.8 Å². The van der Waals surface area contributed by atoms with Gasteiger partial charge in [0.15, 0.2) is 0 Å². The molecule has 0 aromatic heterocycles. The lowest BCUT2D eigenvalue weighted by molar-refractivity contribution is -0.139. The number of nitrogens with zero attached hydrogens (tertiary/aromatic N) is 2. The van der Waals surface area contributed by atoms with Crippen LogP contribution in [-0.2, 0) is 9.59 Å². The third-order valence-electron chi connectivity index (χ3n) is 5.87. The van der Waals surface area contributed by atoms with Gasteiger partial charge >= 0.3 is 0 Å². The fraction of sp³-hybridized carbons (Fsp3) is 0.556. The quantitative estimate of drug-likeness (QED) is 0.783. The first-order valence-electron chi connectivity index (χ1n) is 8.66. The SMILES string of the molecule is NC1CCC2CN(C(=O)C3CCN(c4ccccc4Br)C3=O)CC12. The minimum atomic E-state index is -0.535. The second kappa shape index (κ2) is 6.15. The van der Waals surface area contributed by atoms with Crippen LogP contribution in [0.2, 0.25) is 0 Å². The van der Waals surface area contributed by atoms with Crippen molar-refractivity contribution in [2.24, 2.45) is 23.5 Å². The first-order chi connectivity index (χ1) is 11.6. The van der Waals surface area contributed by atoms with Gasteiger partial charge in [0.05, 0.1) is 5.69 Å². The van der Waals surface area contributed by atoms with Crippen LogP contribution in [0.4, 0.5) is 5.69 Å². The molecule has 2 heterocycles. The smallest absolute Gasteiger partial charge is 0.239 e. The Balaban J connectivity index is 1.47. The second-order valence-electron chi connectivity index (χ2n) is 7.19. The Morgan fingerprint density at radius 3 is 2.71 bits per heavy atom. The summed E-state index contributed by atoms with van der Waals surface area (Å²) < 4.78 is 0.883. The Morgan fingerprint density at radius 1 is 1.17 bits per heavy atom. The van der Waals surface area contributed by atoms with Crippen LogP contribution in [0.3, 0.4) is 0 Å². The van der Waals surface area contributed by atoms with Crippen molar-refractivity contribution in [3.05, 3.63) is 28.7 Å². The van der Waals surface area contributed by atoms with Crippen LogP contribution in [0.1, 0.15) is 19.3 Å². The number of hydrogen-bond acceptors (Lipinski definition) is 3. The largest absolute Gasteiger partial charge is 0.341 e. The lowest BCUT2D eigenvalue weighted by Gasteiger charge is -2.22. The molecule has 4 atom stereocenters. The molecule has 2 aliphatic heterocycles. The molecule has 3 fully saturated rings. The maximum atomic E-state index is 12.9. The standard InChI is InChI=1S/C18H22BrN3O2/c19-14-3-1-2-4-16(14)22-8-7-12(18(22)24)17(23)21-9-11-5-6-15(20)13(11)10-21/h1-4,11-13,15H,5-10,20H2. The van der Waals surface area contributed by atoms with E-state index in [0.29, 0.717) is 24.8 Å². The molecule has 6 heteroatoms. The summed E-state index contributed by atoms with van der Waals surface area (Å²) in [6.07, 6.45) is 2.77. The Bertz CT molecular complexity index is 680. The molecule has 0 bridgehead atoms. The lowest BCUT2D eigenvalue weighted by Crippen LogP contribution is -2.40. The van der Waals surface area contributed by atoms with E-state index in [1.165, 1.54) is 0 Å². The fourth-order valence-corrected chi connectivity index (χ4v) is 5.03. The van der Waals surface area contributed by atoms with E-state index in [0.717, 1.165) is 36.1 Å². The molecule has 2 N–H and O–H groups in total. The van der Waals surface area contributed by atoms with Gasteiger partial charge < -0.3 is 15.5 Å². The van der Waals surface area contributed by atoms with Crippen molar-refractivity contribution in [2.45, 2.75) is 25.3 Å². The summed E-state index contributed by atoms with van der Waals surface area (Å²) in [6.45, 7) is 2.09. The van der Waals surface area contributed by atoms with E-state index in [-0.39, 0.29) is 17.9 Å². The van der Waals surface area contributed by atoms with Crippen molar-refractivity contribution >= 4 is 33.4 Å². The zero-order valence-corrected chi connectivity index (χ0v) is 15.1. The third-order valence-corrected chi connectivity index (χ3v) is 6.54. The molecule has 1 saturated carbocycles. The topological polar surface area (TPSA) is 66.6 Å². The summed E-state index contributed by atoms with van der Waals surface area (Å²) >= 11 is 3.49. The van der Waals surface area contributed by atoms with Crippen molar-refractivity contribution in [2.75, 3.05) is 24.5 Å². The first-order valence-corrected chi connectivity index (χ1v) is 9.46. The van der Waals surface area contributed by atoms with E-state index in [2.05, 4.69) is 15.9 Å². The molecule has 24 heavy (non-hydrogen) atoms. The minimum Gasteiger partial charge on any atom is -0.341 e. The maximum Gasteiger partial charge on any atom is 0.239 e. The van der Waals surface area contributed by atoms with Crippen LogP contribution in [0.5, 0.6) is 0 Å². The summed E-state index contributed by atoms with van der Waals surface area (Å²) in [5.41, 5.74) is 7.00. The number of hydrogen-bond donors (Lipinski definition) is 1. The molecule has 0 spiro atoms. The molecule has 0 radical (unpaired) electrons. The van der Waals surface area contributed by atoms with Gasteiger partial charge in [-0.15, -0.1) is 0 Å². The van der Waals surface area contributed by atoms with Crippen LogP contribution in [0, 0.1) is 17.8 Å². The maximum absolute atomic E-state index is 12.9. The van der Waals surface area contributed by atoms with Gasteiger partial charge in [-0.3, -0.25) is 9.59 Å². The highest BCUT2D eigenvalue weighted by Gasteiger charge is 2.46. The van der Waals surface area contributed by atoms with Crippen molar-refractivity contribution in [1.29, 1.82) is 0 Å². The summed E-state index contributed by atoms with van der Waals surface area (Å²) in [5.74, 6) is 0.334. The van der Waals surface area contributed by atoms with Gasteiger partial charge in [-0.05, 0) is 59.2 Å². The summed E-state index contributed by atoms with van der Waals surface area (Å²) in [4.78, 5) is 29.3. The molecule has 1 aliphatic carbocycles. The minimum absolute atomic E-state index is 0.00356. The molecular formula is C18H22BrN3O2. The van der Waals surface area contributed by atoms with Gasteiger partial charge in [0, 0.05) is 30.1 Å². The van der Waals surface area contributed by atoms with Crippen LogP contribution >= 0.6 is 15.9 Å². The van der Waals surface area contributed by atoms with Gasteiger partial charge in [0.25, 0.3) is 0 Å². The molecule has 1 aromatic rings. The Labute approximate surface area is 150 Å². The predicted octanol–water partition coefficient (Wildman–Crippen LogP) is 2.00. The monoisotopic (exact) mass is 391 g/mol. The molecule has 4 rings (SSSR count). The Kier molecular flexibility index (Phi) is 4.12. The highest BCUT2D eigenvalue weighted by atomic mass is 79.9. The third kappa shape index (κ3) is 2.56. The number of rotatable bonds is 2. The molecule has 4 unspecified atom stereocenters. The number of likely N-dealkylation sites (tertiary alicyclic amines) is 1. The van der Waals surface area contributed by atoms with Crippen LogP contribution < -0.4 is 10.6 Å². The summed E-state index contributed by atoms with van der Waals surface area (Å²) in [7, 11) is 0. The van der Waals surface area contributed by atoms with Crippen molar-refractivity contribution in [3.63, 3.8) is 0 Å². The van der Waals surface area contributed by atoms with Gasteiger partial charge in [-0.1, -0.05) is 12.1 Å². The zero-order chi connectivity index (χ0) is 16.8. The van der Waals surface area contributed by atoms with E-state index in [1.807, 2.05) is 29.2 Å². The molecular weight excluding hydrogens is 370 g/mol. The van der Waals surface area contributed by atoms with E-state index in [1.54, 1.807) is 4.90 Å². The lowest BCUT2D eigenvalue weighted by atomic mass is 9.98. The molecule has 128 valence electrons. The number of para-hydroxylation sites is 1.